The van der Waals surface area contributed by atoms with Crippen LogP contribution in [0.25, 0.3) is 5.69 Å². The topological polar surface area (TPSA) is 84.1 Å². The van der Waals surface area contributed by atoms with E-state index in [4.69, 9.17) is 0 Å². The van der Waals surface area contributed by atoms with E-state index in [2.05, 4.69) is 27.7 Å². The van der Waals surface area contributed by atoms with E-state index in [-0.39, 0.29) is 16.9 Å². The Labute approximate surface area is 161 Å². The van der Waals surface area contributed by atoms with Gasteiger partial charge in [0.2, 0.25) is 11.1 Å². The van der Waals surface area contributed by atoms with Gasteiger partial charge >= 0.3 is 0 Å². The summed E-state index contributed by atoms with van der Waals surface area (Å²) in [7, 11) is 0. The zero-order valence-electron chi connectivity index (χ0n) is 14.8. The highest BCUT2D eigenvalue weighted by Gasteiger charge is 2.26. The second kappa shape index (κ2) is 7.40. The SMILES string of the molecule is C[C@H](Sc1nnnn1-c1ccc(O)cc1)C(=O)N1CCc2ccccc2C1. The van der Waals surface area contributed by atoms with Gasteiger partial charge in [-0.05, 0) is 59.2 Å². The fourth-order valence-corrected chi connectivity index (χ4v) is 4.05. The van der Waals surface area contributed by atoms with Crippen molar-refractivity contribution in [2.45, 2.75) is 30.3 Å². The van der Waals surface area contributed by atoms with Crippen LogP contribution in [-0.2, 0) is 17.8 Å². The molecule has 8 heteroatoms. The Bertz CT molecular complexity index is 957. The van der Waals surface area contributed by atoms with Crippen molar-refractivity contribution in [3.8, 4) is 11.4 Å². The number of rotatable bonds is 4. The Morgan fingerprint density at radius 1 is 1.15 bits per heavy atom. The Morgan fingerprint density at radius 2 is 1.89 bits per heavy atom. The van der Waals surface area contributed by atoms with Gasteiger partial charge in [0.25, 0.3) is 0 Å². The number of carbonyl (C=O) groups excluding carboxylic acids is 1. The molecular weight excluding hydrogens is 362 g/mol. The molecule has 0 unspecified atom stereocenters. The summed E-state index contributed by atoms with van der Waals surface area (Å²) < 4.78 is 1.57. The van der Waals surface area contributed by atoms with Gasteiger partial charge in [-0.15, -0.1) is 5.10 Å². The maximum Gasteiger partial charge on any atom is 0.236 e. The fraction of sp³-hybridized carbons (Fsp3) is 0.263. The Balaban J connectivity index is 1.47. The first kappa shape index (κ1) is 17.5. The summed E-state index contributed by atoms with van der Waals surface area (Å²) in [5.74, 6) is 0.254. The molecule has 2 heterocycles. The van der Waals surface area contributed by atoms with E-state index in [1.807, 2.05) is 24.0 Å². The zero-order chi connectivity index (χ0) is 18.8. The third kappa shape index (κ3) is 3.66. The third-order valence-corrected chi connectivity index (χ3v) is 5.63. The van der Waals surface area contributed by atoms with Crippen molar-refractivity contribution in [1.29, 1.82) is 0 Å². The molecule has 0 aliphatic carbocycles. The molecule has 1 N–H and O–H groups in total. The molecule has 1 atom stereocenters. The minimum Gasteiger partial charge on any atom is -0.508 e. The van der Waals surface area contributed by atoms with Crippen LogP contribution in [-0.4, -0.2) is 47.9 Å². The van der Waals surface area contributed by atoms with Crippen molar-refractivity contribution in [2.75, 3.05) is 6.54 Å². The molecule has 4 rings (SSSR count). The molecule has 0 saturated heterocycles. The van der Waals surface area contributed by atoms with Gasteiger partial charge in [0.1, 0.15) is 5.75 Å². The van der Waals surface area contributed by atoms with Crippen molar-refractivity contribution in [3.05, 3.63) is 59.7 Å². The van der Waals surface area contributed by atoms with Crippen molar-refractivity contribution >= 4 is 17.7 Å². The molecule has 7 nitrogen and oxygen atoms in total. The minimum absolute atomic E-state index is 0.0785. The fourth-order valence-electron chi connectivity index (χ4n) is 3.16. The quantitative estimate of drug-likeness (QED) is 0.699. The first-order valence-corrected chi connectivity index (χ1v) is 9.60. The number of hydrogen-bond donors (Lipinski definition) is 1. The van der Waals surface area contributed by atoms with Crippen LogP contribution < -0.4 is 0 Å². The number of thioether (sulfide) groups is 1. The standard InChI is InChI=1S/C19H19N5O2S/c1-13(18(26)23-11-10-14-4-2-3-5-15(14)12-23)27-19-20-21-22-24(19)16-6-8-17(25)9-7-16/h2-9,13,25H,10-12H2,1H3/t13-/m0/s1. The summed E-state index contributed by atoms with van der Waals surface area (Å²) in [5, 5.41) is 21.5. The van der Waals surface area contributed by atoms with Crippen LogP contribution in [0.15, 0.2) is 53.7 Å². The van der Waals surface area contributed by atoms with E-state index in [0.29, 0.717) is 11.7 Å². The van der Waals surface area contributed by atoms with Gasteiger partial charge in [0, 0.05) is 13.1 Å². The number of nitrogens with zero attached hydrogens (tertiary/aromatic N) is 5. The predicted molar refractivity (Wildman–Crippen MR) is 102 cm³/mol. The molecule has 1 aliphatic rings. The molecule has 0 radical (unpaired) electrons. The lowest BCUT2D eigenvalue weighted by Gasteiger charge is -2.30. The molecule has 0 spiro atoms. The van der Waals surface area contributed by atoms with Crippen LogP contribution in [0.3, 0.4) is 0 Å². The van der Waals surface area contributed by atoms with Crippen LogP contribution in [0, 0.1) is 0 Å². The first-order chi connectivity index (χ1) is 13.1. The lowest BCUT2D eigenvalue weighted by atomic mass is 10.00. The lowest BCUT2D eigenvalue weighted by Crippen LogP contribution is -2.40. The van der Waals surface area contributed by atoms with Crippen LogP contribution in [0.5, 0.6) is 5.75 Å². The normalized spacial score (nSPS) is 14.6. The number of fused-ring (bicyclic) bond motifs is 1. The summed E-state index contributed by atoms with van der Waals surface area (Å²) in [5.41, 5.74) is 3.26. The van der Waals surface area contributed by atoms with Crippen molar-refractivity contribution in [3.63, 3.8) is 0 Å². The number of carbonyl (C=O) groups is 1. The third-order valence-electron chi connectivity index (χ3n) is 4.61. The average Bonchev–Trinajstić information content (AvgIpc) is 3.15. The van der Waals surface area contributed by atoms with Crippen LogP contribution in [0.4, 0.5) is 0 Å². The van der Waals surface area contributed by atoms with E-state index in [1.165, 1.54) is 22.9 Å². The maximum absolute atomic E-state index is 12.9. The molecular formula is C19H19N5O2S. The lowest BCUT2D eigenvalue weighted by molar-refractivity contribution is -0.131. The average molecular weight is 381 g/mol. The van der Waals surface area contributed by atoms with Crippen LogP contribution >= 0.6 is 11.8 Å². The van der Waals surface area contributed by atoms with E-state index >= 15 is 0 Å². The molecule has 27 heavy (non-hydrogen) atoms. The number of aromatic hydroxyl groups is 1. The largest absolute Gasteiger partial charge is 0.508 e. The highest BCUT2D eigenvalue weighted by molar-refractivity contribution is 8.00. The molecule has 138 valence electrons. The van der Waals surface area contributed by atoms with E-state index in [0.717, 1.165) is 18.7 Å². The second-order valence-electron chi connectivity index (χ2n) is 6.43. The molecule has 3 aromatic rings. The summed E-state index contributed by atoms with van der Waals surface area (Å²) in [6.45, 7) is 3.25. The summed E-state index contributed by atoms with van der Waals surface area (Å²) in [4.78, 5) is 14.8. The van der Waals surface area contributed by atoms with E-state index in [9.17, 15) is 9.90 Å². The Hall–Kier alpha value is -2.87. The monoisotopic (exact) mass is 381 g/mol. The van der Waals surface area contributed by atoms with Gasteiger partial charge in [-0.25, -0.2) is 0 Å². The Kier molecular flexibility index (Phi) is 4.81. The molecule has 1 amide bonds. The minimum atomic E-state index is -0.308. The molecule has 0 fully saturated rings. The molecule has 1 aromatic heterocycles. The van der Waals surface area contributed by atoms with Gasteiger partial charge in [0.15, 0.2) is 0 Å². The molecule has 2 aromatic carbocycles. The molecule has 0 bridgehead atoms. The van der Waals surface area contributed by atoms with E-state index < -0.39 is 0 Å². The van der Waals surface area contributed by atoms with Crippen molar-refractivity contribution in [1.82, 2.24) is 25.1 Å². The number of aromatic nitrogens is 4. The predicted octanol–water partition coefficient (Wildman–Crippen LogP) is 2.43. The number of benzene rings is 2. The number of phenols is 1. The van der Waals surface area contributed by atoms with Crippen LogP contribution in [0.1, 0.15) is 18.1 Å². The molecule has 0 saturated carbocycles. The van der Waals surface area contributed by atoms with Crippen LogP contribution in [0.2, 0.25) is 0 Å². The highest BCUT2D eigenvalue weighted by atomic mass is 32.2. The number of hydrogen-bond acceptors (Lipinski definition) is 6. The number of amides is 1. The first-order valence-electron chi connectivity index (χ1n) is 8.72. The second-order valence-corrected chi connectivity index (χ2v) is 7.74. The number of tetrazole rings is 1. The maximum atomic E-state index is 12.9. The summed E-state index contributed by atoms with van der Waals surface area (Å²) >= 11 is 1.33. The molecule has 1 aliphatic heterocycles. The number of phenolic OH excluding ortho intramolecular Hbond substituents is 1. The van der Waals surface area contributed by atoms with Gasteiger partial charge in [-0.1, -0.05) is 36.0 Å². The van der Waals surface area contributed by atoms with Crippen molar-refractivity contribution < 1.29 is 9.90 Å². The zero-order valence-corrected chi connectivity index (χ0v) is 15.6. The van der Waals surface area contributed by atoms with Gasteiger partial charge in [0.05, 0.1) is 10.9 Å². The van der Waals surface area contributed by atoms with Gasteiger partial charge in [-0.3, -0.25) is 4.79 Å². The van der Waals surface area contributed by atoms with Gasteiger partial charge in [-0.2, -0.15) is 4.68 Å². The smallest absolute Gasteiger partial charge is 0.236 e. The highest BCUT2D eigenvalue weighted by Crippen LogP contribution is 2.27. The summed E-state index contributed by atoms with van der Waals surface area (Å²) in [6, 6.07) is 14.9. The van der Waals surface area contributed by atoms with Crippen molar-refractivity contribution in [2.24, 2.45) is 0 Å². The van der Waals surface area contributed by atoms with E-state index in [1.54, 1.807) is 28.9 Å². The Morgan fingerprint density at radius 3 is 2.67 bits per heavy atom. The summed E-state index contributed by atoms with van der Waals surface area (Å²) in [6.07, 6.45) is 0.880. The van der Waals surface area contributed by atoms with Gasteiger partial charge < -0.3 is 10.0 Å².